The Hall–Kier alpha value is -2.98. The average Bonchev–Trinajstić information content (AvgIpc) is 3.13. The van der Waals surface area contributed by atoms with Crippen molar-refractivity contribution in [3.8, 4) is 5.75 Å². The van der Waals surface area contributed by atoms with E-state index in [0.29, 0.717) is 11.7 Å². The van der Waals surface area contributed by atoms with Crippen molar-refractivity contribution in [3.63, 3.8) is 0 Å². The monoisotopic (exact) mass is 671 g/mol. The predicted molar refractivity (Wildman–Crippen MR) is 178 cm³/mol. The van der Waals surface area contributed by atoms with Crippen LogP contribution in [-0.4, -0.2) is 16.6 Å². The Morgan fingerprint density at radius 3 is 2.09 bits per heavy atom. The molecule has 5 nitrogen and oxygen atoms in total. The fraction of sp³-hybridized carbons (Fsp3) is 0.432. The number of benzene rings is 3. The number of nitro benzene ring substituents is 1. The van der Waals surface area contributed by atoms with E-state index in [0.717, 1.165) is 17.6 Å². The minimum atomic E-state index is -0.411. The van der Waals surface area contributed by atoms with E-state index in [1.165, 1.54) is 45.6 Å². The Morgan fingerprint density at radius 2 is 1.60 bits per heavy atom. The molecule has 1 radical (unpaired) electrons. The maximum atomic E-state index is 10.5. The van der Waals surface area contributed by atoms with E-state index < -0.39 is 4.92 Å². The third-order valence-corrected chi connectivity index (χ3v) is 7.87. The van der Waals surface area contributed by atoms with Crippen LogP contribution in [0.25, 0.3) is 5.57 Å². The normalized spacial score (nSPS) is 17.3. The summed E-state index contributed by atoms with van der Waals surface area (Å²) < 4.78 is 5.46. The van der Waals surface area contributed by atoms with Crippen molar-refractivity contribution in [1.29, 1.82) is 0 Å². The largest absolute Gasteiger partial charge is 1.00 e. The van der Waals surface area contributed by atoms with Gasteiger partial charge in [-0.2, -0.15) is 0 Å². The number of ether oxygens (including phenoxy) is 1. The SMILES string of the molecule is C=C(C)c1cccc(C(C)C)c1N1[CH-]C(C)(c2cc(C)cc(C)c2)CC1(C)C.Cc1cc([N+](=O)[O-])ccc1OC(C)C.[Ru+]. The average molecular weight is 671 g/mol. The Kier molecular flexibility index (Phi) is 12.0. The zero-order chi connectivity index (χ0) is 31.6. The fourth-order valence-corrected chi connectivity index (χ4v) is 6.11. The number of nitro groups is 1. The quantitative estimate of drug-likeness (QED) is 0.109. The van der Waals surface area contributed by atoms with Crippen LogP contribution in [0.2, 0.25) is 0 Å². The van der Waals surface area contributed by atoms with Crippen molar-refractivity contribution in [2.45, 2.75) is 106 Å². The van der Waals surface area contributed by atoms with Crippen molar-refractivity contribution in [1.82, 2.24) is 0 Å². The standard InChI is InChI=1S/C27H36N.C10H13NO3.Ru/c1-18(2)23-11-10-12-24(19(3)4)25(23)28-17-27(9,16-26(28,7)8)22-14-20(5)13-21(6)15-22;1-7(2)14-10-5-4-9(11(12)13)6-8(10)3;/h10-15,17,19H,1,16H2,2-9H3;4-7H,1-3H3;/q-1;;+1. The van der Waals surface area contributed by atoms with E-state index in [1.807, 2.05) is 13.8 Å². The summed E-state index contributed by atoms with van der Waals surface area (Å²) in [6.07, 6.45) is 1.17. The third-order valence-electron chi connectivity index (χ3n) is 7.87. The molecule has 0 aliphatic carbocycles. The minimum Gasteiger partial charge on any atom is -0.516 e. The number of para-hydroxylation sites is 1. The Bertz CT molecular complexity index is 1440. The van der Waals surface area contributed by atoms with E-state index in [2.05, 4.69) is 110 Å². The molecule has 1 unspecified atom stereocenters. The Labute approximate surface area is 272 Å². The van der Waals surface area contributed by atoms with Gasteiger partial charge in [0.2, 0.25) is 0 Å². The minimum absolute atomic E-state index is 0. The number of hydrogen-bond acceptors (Lipinski definition) is 4. The van der Waals surface area contributed by atoms with Gasteiger partial charge < -0.3 is 9.64 Å². The first-order valence-corrected chi connectivity index (χ1v) is 14.9. The molecule has 0 bridgehead atoms. The smallest absolute Gasteiger partial charge is 0.516 e. The molecule has 0 N–H and O–H groups in total. The second kappa shape index (κ2) is 14.2. The van der Waals surface area contributed by atoms with Crippen molar-refractivity contribution < 1.29 is 29.1 Å². The van der Waals surface area contributed by atoms with Gasteiger partial charge in [-0.1, -0.05) is 80.4 Å². The second-order valence-electron chi connectivity index (χ2n) is 13.3. The summed E-state index contributed by atoms with van der Waals surface area (Å²) in [6, 6.07) is 18.2. The van der Waals surface area contributed by atoms with Gasteiger partial charge in [0, 0.05) is 23.4 Å². The zero-order valence-electron chi connectivity index (χ0n) is 27.8. The molecule has 0 spiro atoms. The Balaban J connectivity index is 0.000000364. The molecule has 0 saturated carbocycles. The van der Waals surface area contributed by atoms with Crippen LogP contribution in [0.3, 0.4) is 0 Å². The number of aryl methyl sites for hydroxylation is 3. The van der Waals surface area contributed by atoms with Crippen LogP contribution in [0.5, 0.6) is 5.75 Å². The van der Waals surface area contributed by atoms with E-state index in [1.54, 1.807) is 13.0 Å². The van der Waals surface area contributed by atoms with Crippen LogP contribution in [0, 0.1) is 37.4 Å². The summed E-state index contributed by atoms with van der Waals surface area (Å²) in [4.78, 5) is 12.6. The molecule has 1 saturated heterocycles. The number of nitrogens with zero attached hydrogens (tertiary/aromatic N) is 2. The summed E-state index contributed by atoms with van der Waals surface area (Å²) in [5.74, 6) is 1.16. The second-order valence-corrected chi connectivity index (χ2v) is 13.3. The van der Waals surface area contributed by atoms with Gasteiger partial charge in [-0.15, -0.1) is 5.41 Å². The molecule has 43 heavy (non-hydrogen) atoms. The number of allylic oxidation sites excluding steroid dienone is 1. The summed E-state index contributed by atoms with van der Waals surface area (Å²) in [5.41, 5.74) is 10.1. The molecule has 1 aliphatic heterocycles. The fourth-order valence-electron chi connectivity index (χ4n) is 6.11. The number of hydrogen-bond donors (Lipinski definition) is 0. The third kappa shape index (κ3) is 8.57. The number of anilines is 1. The molecule has 4 rings (SSSR count). The molecule has 1 heterocycles. The first-order valence-electron chi connectivity index (χ1n) is 14.9. The summed E-state index contributed by atoms with van der Waals surface area (Å²) in [6.45, 7) is 30.6. The molecule has 1 fully saturated rings. The van der Waals surface area contributed by atoms with E-state index in [-0.39, 0.29) is 42.2 Å². The van der Waals surface area contributed by atoms with Gasteiger partial charge in [-0.3, -0.25) is 10.1 Å². The molecule has 6 heteroatoms. The Morgan fingerprint density at radius 1 is 1.00 bits per heavy atom. The van der Waals surface area contributed by atoms with Crippen LogP contribution in [0.15, 0.2) is 61.2 Å². The van der Waals surface area contributed by atoms with Gasteiger partial charge in [-0.25, -0.2) is 6.54 Å². The number of rotatable bonds is 7. The molecule has 1 atom stereocenters. The van der Waals surface area contributed by atoms with E-state index in [4.69, 9.17) is 4.74 Å². The van der Waals surface area contributed by atoms with Gasteiger partial charge in [-0.05, 0) is 96.1 Å². The molecule has 0 aromatic heterocycles. The summed E-state index contributed by atoms with van der Waals surface area (Å²) in [5, 5.41) is 10.5. The van der Waals surface area contributed by atoms with Gasteiger partial charge in [0.25, 0.3) is 5.69 Å². The van der Waals surface area contributed by atoms with E-state index >= 15 is 0 Å². The molecular weight excluding hydrogens is 621 g/mol. The van der Waals surface area contributed by atoms with Crippen molar-refractivity contribution >= 4 is 16.9 Å². The van der Waals surface area contributed by atoms with Crippen LogP contribution in [-0.2, 0) is 24.9 Å². The topological polar surface area (TPSA) is 55.6 Å². The van der Waals surface area contributed by atoms with Crippen molar-refractivity contribution in [2.75, 3.05) is 4.90 Å². The molecule has 233 valence electrons. The van der Waals surface area contributed by atoms with Crippen molar-refractivity contribution in [2.24, 2.45) is 0 Å². The van der Waals surface area contributed by atoms with Crippen molar-refractivity contribution in [3.05, 3.63) is 111 Å². The summed E-state index contributed by atoms with van der Waals surface area (Å²) >= 11 is 0. The maximum absolute atomic E-state index is 10.5. The molecular formula is C37H49N2O3Ru. The molecule has 3 aromatic rings. The summed E-state index contributed by atoms with van der Waals surface area (Å²) in [7, 11) is 0. The van der Waals surface area contributed by atoms with Crippen LogP contribution in [0.1, 0.15) is 101 Å². The van der Waals surface area contributed by atoms with Crippen LogP contribution < -0.4 is 9.64 Å². The first kappa shape index (κ1) is 36.2. The van der Waals surface area contributed by atoms with Gasteiger partial charge in [0.1, 0.15) is 5.75 Å². The van der Waals surface area contributed by atoms with Gasteiger partial charge in [0.05, 0.1) is 11.0 Å². The molecule has 0 amide bonds. The first-order chi connectivity index (χ1) is 19.4. The van der Waals surface area contributed by atoms with Gasteiger partial charge >= 0.3 is 19.5 Å². The predicted octanol–water partition coefficient (Wildman–Crippen LogP) is 10.3. The van der Waals surface area contributed by atoms with Gasteiger partial charge in [0.15, 0.2) is 0 Å². The van der Waals surface area contributed by atoms with Crippen LogP contribution >= 0.6 is 0 Å². The zero-order valence-corrected chi connectivity index (χ0v) is 29.6. The number of non-ortho nitro benzene ring substituents is 1. The van der Waals surface area contributed by atoms with E-state index in [9.17, 15) is 10.1 Å². The maximum Gasteiger partial charge on any atom is 1.00 e. The molecule has 1 aliphatic rings. The van der Waals surface area contributed by atoms with Crippen LogP contribution in [0.4, 0.5) is 11.4 Å². The molecule has 3 aromatic carbocycles.